The first-order valence-electron chi connectivity index (χ1n) is 10.3. The van der Waals surface area contributed by atoms with Gasteiger partial charge in [0.25, 0.3) is 5.69 Å². The third-order valence-corrected chi connectivity index (χ3v) is 7.81. The van der Waals surface area contributed by atoms with Crippen molar-refractivity contribution in [3.05, 3.63) is 123 Å². The Labute approximate surface area is 199 Å². The summed E-state index contributed by atoms with van der Waals surface area (Å²) in [7, 11) is -3.22. The molecule has 5 rings (SSSR count). The van der Waals surface area contributed by atoms with Crippen LogP contribution in [0.3, 0.4) is 0 Å². The molecule has 0 unspecified atom stereocenters. The molecule has 1 aliphatic heterocycles. The molecule has 0 aliphatic carbocycles. The van der Waals surface area contributed by atoms with Gasteiger partial charge in [0, 0.05) is 45.8 Å². The smallest absolute Gasteiger partial charge is 0.269 e. The number of nitro benzene ring substituents is 1. The summed E-state index contributed by atoms with van der Waals surface area (Å²) < 4.78 is 20.1. The first kappa shape index (κ1) is 21.8. The van der Waals surface area contributed by atoms with Crippen molar-refractivity contribution >= 4 is 41.0 Å². The Morgan fingerprint density at radius 2 is 1.38 bits per heavy atom. The number of nitrogens with zero attached hydrogens (tertiary/aromatic N) is 2. The van der Waals surface area contributed by atoms with Gasteiger partial charge < -0.3 is 9.82 Å². The van der Waals surface area contributed by atoms with Crippen LogP contribution in [0.5, 0.6) is 0 Å². The van der Waals surface area contributed by atoms with E-state index in [2.05, 4.69) is 10.1 Å². The monoisotopic (exact) mass is 487 g/mol. The largest absolute Gasteiger partial charge is 0.456 e. The Balaban J connectivity index is 1.47. The molecule has 4 aromatic rings. The number of thiazole rings is 1. The Hall–Kier alpha value is -4.00. The van der Waals surface area contributed by atoms with Crippen LogP contribution in [0.25, 0.3) is 22.8 Å². The van der Waals surface area contributed by atoms with Gasteiger partial charge in [-0.15, -0.1) is 11.3 Å². The summed E-state index contributed by atoms with van der Waals surface area (Å²) in [6.45, 7) is 0. The van der Waals surface area contributed by atoms with Gasteiger partial charge in [0.2, 0.25) is 7.29 Å². The average Bonchev–Trinajstić information content (AvgIpc) is 3.32. The van der Waals surface area contributed by atoms with Gasteiger partial charge in [0.05, 0.1) is 10.6 Å². The van der Waals surface area contributed by atoms with E-state index in [9.17, 15) is 14.7 Å². The average molecular weight is 487 g/mol. The number of anilines is 1. The number of ether oxygens (including phenoxy) is 1. The van der Waals surface area contributed by atoms with Gasteiger partial charge >= 0.3 is 0 Å². The molecule has 0 radical (unpaired) electrons. The van der Waals surface area contributed by atoms with Crippen molar-refractivity contribution in [3.63, 3.8) is 0 Å². The second kappa shape index (κ2) is 9.09. The molecular formula is C25H18N3O4PS. The summed E-state index contributed by atoms with van der Waals surface area (Å²) in [5.74, 6) is 4.23. The number of aromatic nitrogens is 1. The number of nitrogens with one attached hydrogen (secondary N) is 1. The van der Waals surface area contributed by atoms with Crippen molar-refractivity contribution in [2.24, 2.45) is 0 Å². The van der Waals surface area contributed by atoms with E-state index in [1.807, 2.05) is 66.0 Å². The fourth-order valence-corrected chi connectivity index (χ4v) is 6.31. The zero-order valence-corrected chi connectivity index (χ0v) is 19.4. The van der Waals surface area contributed by atoms with E-state index < -0.39 is 12.2 Å². The van der Waals surface area contributed by atoms with Gasteiger partial charge in [0.1, 0.15) is 11.5 Å². The van der Waals surface area contributed by atoms with Crippen molar-refractivity contribution in [1.82, 2.24) is 4.98 Å². The van der Waals surface area contributed by atoms with Gasteiger partial charge in [-0.1, -0.05) is 60.7 Å². The normalized spacial score (nSPS) is 14.5. The second-order valence-corrected chi connectivity index (χ2v) is 10.5. The van der Waals surface area contributed by atoms with Crippen LogP contribution in [-0.4, -0.2) is 9.91 Å². The maximum absolute atomic E-state index is 14.0. The summed E-state index contributed by atoms with van der Waals surface area (Å²) in [6, 6.07) is 25.2. The maximum Gasteiger partial charge on any atom is 0.269 e. The van der Waals surface area contributed by atoms with Gasteiger partial charge in [-0.3, -0.25) is 14.7 Å². The molecule has 0 amide bonds. The number of non-ortho nitro benzene ring substituents is 1. The number of rotatable bonds is 6. The first-order chi connectivity index (χ1) is 16.5. The van der Waals surface area contributed by atoms with E-state index in [0.29, 0.717) is 22.3 Å². The van der Waals surface area contributed by atoms with Gasteiger partial charge in [-0.25, -0.2) is 4.98 Å². The highest BCUT2D eigenvalue weighted by atomic mass is 32.1. The van der Waals surface area contributed by atoms with Crippen LogP contribution < -0.4 is 5.09 Å². The molecule has 0 saturated carbocycles. The van der Waals surface area contributed by atoms with E-state index in [1.54, 1.807) is 23.8 Å². The highest BCUT2D eigenvalue weighted by Crippen LogP contribution is 2.56. The van der Waals surface area contributed by atoms with Crippen LogP contribution >= 0.6 is 18.6 Å². The molecule has 1 N–H and O–H groups in total. The Kier molecular flexibility index (Phi) is 5.84. The molecule has 34 heavy (non-hydrogen) atoms. The number of nitro groups is 1. The van der Waals surface area contributed by atoms with Crippen LogP contribution in [0.1, 0.15) is 11.1 Å². The molecule has 1 aromatic heterocycles. The zero-order chi connectivity index (χ0) is 23.5. The minimum atomic E-state index is -3.22. The molecule has 0 fully saturated rings. The summed E-state index contributed by atoms with van der Waals surface area (Å²) in [6.07, 6.45) is 0. The number of benzene rings is 3. The van der Waals surface area contributed by atoms with Crippen molar-refractivity contribution in [2.75, 3.05) is 5.09 Å². The molecule has 0 saturated heterocycles. The van der Waals surface area contributed by atoms with Gasteiger partial charge in [-0.2, -0.15) is 0 Å². The maximum atomic E-state index is 14.0. The summed E-state index contributed by atoms with van der Waals surface area (Å²) in [4.78, 5) is 15.0. The molecule has 168 valence electrons. The van der Waals surface area contributed by atoms with Gasteiger partial charge in [0.15, 0.2) is 5.13 Å². The van der Waals surface area contributed by atoms with Crippen LogP contribution in [-0.2, 0) is 9.30 Å². The highest BCUT2D eigenvalue weighted by Gasteiger charge is 2.28. The van der Waals surface area contributed by atoms with Crippen LogP contribution in [0.4, 0.5) is 10.8 Å². The van der Waals surface area contributed by atoms with E-state index >= 15 is 0 Å². The minimum absolute atomic E-state index is 0.0149. The van der Waals surface area contributed by atoms with Crippen molar-refractivity contribution in [3.8, 4) is 11.3 Å². The van der Waals surface area contributed by atoms with Crippen LogP contribution in [0, 0.1) is 10.1 Å². The Morgan fingerprint density at radius 3 is 1.91 bits per heavy atom. The van der Waals surface area contributed by atoms with E-state index in [1.165, 1.54) is 23.5 Å². The predicted molar refractivity (Wildman–Crippen MR) is 135 cm³/mol. The Bertz CT molecular complexity index is 1390. The number of hydrogen-bond donors (Lipinski definition) is 1. The van der Waals surface area contributed by atoms with E-state index in [4.69, 9.17) is 4.74 Å². The number of hydrogen-bond acceptors (Lipinski definition) is 6. The third-order valence-electron chi connectivity index (χ3n) is 5.10. The first-order valence-corrected chi connectivity index (χ1v) is 13.0. The van der Waals surface area contributed by atoms with Crippen LogP contribution in [0.15, 0.2) is 102 Å². The SMILES string of the molecule is O=[N+]([O-])c1ccc(-c2csc(NP3(=O)C=C(c4ccccc4)OC(c4ccccc4)=C3)n2)cc1. The molecule has 0 bridgehead atoms. The lowest BCUT2D eigenvalue weighted by Gasteiger charge is -2.23. The lowest BCUT2D eigenvalue weighted by Crippen LogP contribution is -2.03. The molecule has 2 heterocycles. The fourth-order valence-electron chi connectivity index (χ4n) is 3.45. The van der Waals surface area contributed by atoms with Crippen LogP contribution in [0.2, 0.25) is 0 Å². The summed E-state index contributed by atoms with van der Waals surface area (Å²) >= 11 is 1.31. The highest BCUT2D eigenvalue weighted by molar-refractivity contribution is 7.72. The molecule has 9 heteroatoms. The molecule has 0 atom stereocenters. The van der Waals surface area contributed by atoms with Gasteiger partial charge in [-0.05, 0) is 12.1 Å². The van der Waals surface area contributed by atoms with Crippen molar-refractivity contribution < 1.29 is 14.2 Å². The lowest BCUT2D eigenvalue weighted by atomic mass is 10.1. The summed E-state index contributed by atoms with van der Waals surface area (Å²) in [5.41, 5.74) is 3.03. The summed E-state index contributed by atoms with van der Waals surface area (Å²) in [5, 5.41) is 16.3. The topological polar surface area (TPSA) is 94.4 Å². The molecule has 3 aromatic carbocycles. The Morgan fingerprint density at radius 1 is 0.824 bits per heavy atom. The van der Waals surface area contributed by atoms with E-state index in [0.717, 1.165) is 16.7 Å². The van der Waals surface area contributed by atoms with Crippen molar-refractivity contribution in [1.29, 1.82) is 0 Å². The minimum Gasteiger partial charge on any atom is -0.456 e. The molecule has 0 spiro atoms. The molecular weight excluding hydrogens is 469 g/mol. The molecule has 7 nitrogen and oxygen atoms in total. The second-order valence-electron chi connectivity index (χ2n) is 7.48. The lowest BCUT2D eigenvalue weighted by molar-refractivity contribution is -0.384. The fraction of sp³-hybridized carbons (Fsp3) is 0. The van der Waals surface area contributed by atoms with E-state index in [-0.39, 0.29) is 5.69 Å². The predicted octanol–water partition coefficient (Wildman–Crippen LogP) is 7.44. The quantitative estimate of drug-likeness (QED) is 0.173. The molecule has 1 aliphatic rings. The zero-order valence-electron chi connectivity index (χ0n) is 17.7. The third kappa shape index (κ3) is 4.69. The standard InChI is InChI=1S/C25H18N3O4PS/c29-28(30)21-13-11-18(12-14-21)22-17-34-25(26-22)27-33(31)15-23(19-7-3-1-4-8-19)32-24(16-33)20-9-5-2-6-10-20/h1-17H,(H,26,27,31). The van der Waals surface area contributed by atoms with Crippen molar-refractivity contribution in [2.45, 2.75) is 0 Å².